The van der Waals surface area contributed by atoms with Gasteiger partial charge in [0.2, 0.25) is 0 Å². The third-order valence-electron chi connectivity index (χ3n) is 5.11. The minimum absolute atomic E-state index is 0.0319. The molecular weight excluding hydrogens is 366 g/mol. The van der Waals surface area contributed by atoms with E-state index in [1.807, 2.05) is 0 Å². The fourth-order valence-corrected chi connectivity index (χ4v) is 7.00. The number of nitrogens with one attached hydrogen (secondary N) is 1. The number of amides is 1. The molecule has 0 radical (unpaired) electrons. The lowest BCUT2D eigenvalue weighted by Crippen LogP contribution is -2.35. The van der Waals surface area contributed by atoms with Crippen molar-refractivity contribution in [2.24, 2.45) is 0 Å². The zero-order valence-electron chi connectivity index (χ0n) is 13.7. The Morgan fingerprint density at radius 1 is 1.04 bits per heavy atom. The molecule has 25 heavy (non-hydrogen) atoms. The van der Waals surface area contributed by atoms with Crippen LogP contribution >= 0.6 is 0 Å². The van der Waals surface area contributed by atoms with Gasteiger partial charge in [-0.2, -0.15) is 5.10 Å². The topological polar surface area (TPSA) is 115 Å². The first-order chi connectivity index (χ1) is 11.7. The van der Waals surface area contributed by atoms with E-state index in [9.17, 15) is 21.6 Å². The van der Waals surface area contributed by atoms with Crippen LogP contribution in [-0.4, -0.2) is 61.6 Å². The van der Waals surface area contributed by atoms with Crippen LogP contribution in [0.25, 0.3) is 0 Å². The Morgan fingerprint density at radius 3 is 2.28 bits per heavy atom. The second kappa shape index (κ2) is 5.80. The van der Waals surface area contributed by atoms with Crippen LogP contribution < -0.4 is 5.32 Å². The van der Waals surface area contributed by atoms with E-state index in [0.717, 1.165) is 18.5 Å². The summed E-state index contributed by atoms with van der Waals surface area (Å²) in [7, 11) is -6.10. The number of nitrogens with zero attached hydrogens (tertiary/aromatic N) is 2. The fourth-order valence-electron chi connectivity index (χ4n) is 3.63. The van der Waals surface area contributed by atoms with Gasteiger partial charge in [-0.3, -0.25) is 9.48 Å². The van der Waals surface area contributed by atoms with Crippen molar-refractivity contribution in [3.63, 3.8) is 0 Å². The van der Waals surface area contributed by atoms with Gasteiger partial charge in [0.1, 0.15) is 5.69 Å². The highest BCUT2D eigenvalue weighted by Gasteiger charge is 2.36. The van der Waals surface area contributed by atoms with Crippen LogP contribution in [0.2, 0.25) is 0 Å². The molecule has 2 unspecified atom stereocenters. The number of hydrogen-bond acceptors (Lipinski definition) is 6. The Balaban J connectivity index is 1.54. The predicted octanol–water partition coefficient (Wildman–Crippen LogP) is 0.0370. The van der Waals surface area contributed by atoms with E-state index in [4.69, 9.17) is 0 Å². The van der Waals surface area contributed by atoms with Crippen molar-refractivity contribution in [2.75, 3.05) is 23.0 Å². The van der Waals surface area contributed by atoms with Crippen molar-refractivity contribution >= 4 is 25.6 Å². The third-order valence-corrected chi connectivity index (χ3v) is 8.63. The lowest BCUT2D eigenvalue weighted by atomic mass is 10.2. The first kappa shape index (κ1) is 17.0. The Hall–Kier alpha value is -1.42. The average molecular weight is 387 g/mol. The van der Waals surface area contributed by atoms with Gasteiger partial charge in [0.25, 0.3) is 5.91 Å². The highest BCUT2D eigenvalue weighted by atomic mass is 32.2. The van der Waals surface area contributed by atoms with Crippen LogP contribution in [0, 0.1) is 0 Å². The summed E-state index contributed by atoms with van der Waals surface area (Å²) in [6.45, 7) is 0. The van der Waals surface area contributed by atoms with E-state index < -0.39 is 19.7 Å². The summed E-state index contributed by atoms with van der Waals surface area (Å²) in [5.41, 5.74) is 1.17. The molecule has 3 heterocycles. The van der Waals surface area contributed by atoms with Gasteiger partial charge >= 0.3 is 0 Å². The van der Waals surface area contributed by atoms with Gasteiger partial charge in [-0.25, -0.2) is 16.8 Å². The summed E-state index contributed by atoms with van der Waals surface area (Å²) in [6, 6.07) is 1.15. The Morgan fingerprint density at radius 2 is 1.72 bits per heavy atom. The summed E-state index contributed by atoms with van der Waals surface area (Å²) < 4.78 is 48.3. The molecule has 10 heteroatoms. The molecule has 0 aromatic carbocycles. The molecule has 4 rings (SSSR count). The van der Waals surface area contributed by atoms with Crippen molar-refractivity contribution in [1.29, 1.82) is 0 Å². The molecule has 3 aliphatic rings. The van der Waals surface area contributed by atoms with Crippen LogP contribution in [0.15, 0.2) is 6.07 Å². The SMILES string of the molecule is O=C(NC1CCS(=O)(=O)C1)c1cc(C2CC2)n(C2CCS(=O)(=O)C2)n1. The number of hydrogen-bond donors (Lipinski definition) is 1. The number of carbonyl (C=O) groups is 1. The third kappa shape index (κ3) is 3.59. The molecule has 2 aliphatic heterocycles. The molecule has 3 fully saturated rings. The molecule has 1 saturated carbocycles. The lowest BCUT2D eigenvalue weighted by molar-refractivity contribution is 0.0935. The van der Waals surface area contributed by atoms with E-state index in [2.05, 4.69) is 10.4 Å². The summed E-state index contributed by atoms with van der Waals surface area (Å²) in [5.74, 6) is 0.238. The van der Waals surface area contributed by atoms with Crippen LogP contribution in [0.4, 0.5) is 0 Å². The van der Waals surface area contributed by atoms with Crippen molar-refractivity contribution in [3.05, 3.63) is 17.5 Å². The van der Waals surface area contributed by atoms with Gasteiger partial charge in [-0.05, 0) is 31.7 Å². The standard InChI is InChI=1S/C15H21N3O5S2/c19-15(16-11-3-5-24(20,21)8-11)13-7-14(10-1-2-10)18(17-13)12-4-6-25(22,23)9-12/h7,10-12H,1-6,8-9H2,(H,16,19). The number of carbonyl (C=O) groups excluding carboxylic acids is 1. The number of aromatic nitrogens is 2. The van der Waals surface area contributed by atoms with Gasteiger partial charge in [0.15, 0.2) is 19.7 Å². The smallest absolute Gasteiger partial charge is 0.272 e. The minimum Gasteiger partial charge on any atom is -0.347 e. The van der Waals surface area contributed by atoms with E-state index in [0.29, 0.717) is 18.8 Å². The summed E-state index contributed by atoms with van der Waals surface area (Å²) in [6.07, 6.45) is 2.98. The maximum Gasteiger partial charge on any atom is 0.272 e. The number of rotatable bonds is 4. The van der Waals surface area contributed by atoms with Gasteiger partial charge in [0, 0.05) is 17.7 Å². The first-order valence-corrected chi connectivity index (χ1v) is 12.2. The quantitative estimate of drug-likeness (QED) is 0.780. The monoisotopic (exact) mass is 387 g/mol. The lowest BCUT2D eigenvalue weighted by Gasteiger charge is -2.12. The van der Waals surface area contributed by atoms with Gasteiger partial charge in [-0.1, -0.05) is 0 Å². The summed E-state index contributed by atoms with van der Waals surface area (Å²) in [5, 5.41) is 7.13. The maximum atomic E-state index is 12.5. The average Bonchev–Trinajstić information content (AvgIpc) is 3.01. The normalized spacial score (nSPS) is 30.4. The first-order valence-electron chi connectivity index (χ1n) is 8.54. The van der Waals surface area contributed by atoms with Crippen LogP contribution in [0.3, 0.4) is 0 Å². The Bertz CT molecular complexity index is 915. The predicted molar refractivity (Wildman–Crippen MR) is 91.0 cm³/mol. The molecule has 1 aromatic heterocycles. The van der Waals surface area contributed by atoms with Crippen molar-refractivity contribution in [1.82, 2.24) is 15.1 Å². The highest BCUT2D eigenvalue weighted by Crippen LogP contribution is 2.42. The second-order valence-electron chi connectivity index (χ2n) is 7.30. The van der Waals surface area contributed by atoms with Crippen LogP contribution in [0.1, 0.15) is 53.8 Å². The summed E-state index contributed by atoms with van der Waals surface area (Å²) in [4.78, 5) is 12.5. The summed E-state index contributed by atoms with van der Waals surface area (Å²) >= 11 is 0. The number of sulfone groups is 2. The Kier molecular flexibility index (Phi) is 3.95. The molecule has 2 atom stereocenters. The zero-order chi connectivity index (χ0) is 17.8. The Labute approximate surface area is 146 Å². The second-order valence-corrected chi connectivity index (χ2v) is 11.8. The van der Waals surface area contributed by atoms with E-state index >= 15 is 0 Å². The van der Waals surface area contributed by atoms with Crippen molar-refractivity contribution in [3.8, 4) is 0 Å². The van der Waals surface area contributed by atoms with E-state index in [1.54, 1.807) is 10.7 Å². The molecule has 1 aliphatic carbocycles. The maximum absolute atomic E-state index is 12.5. The molecule has 138 valence electrons. The van der Waals surface area contributed by atoms with E-state index in [-0.39, 0.29) is 46.7 Å². The van der Waals surface area contributed by atoms with Crippen LogP contribution in [0.5, 0.6) is 0 Å². The molecule has 0 spiro atoms. The van der Waals surface area contributed by atoms with Gasteiger partial charge < -0.3 is 5.32 Å². The van der Waals surface area contributed by atoms with Crippen molar-refractivity contribution in [2.45, 2.75) is 43.7 Å². The van der Waals surface area contributed by atoms with Crippen LogP contribution in [-0.2, 0) is 19.7 Å². The fraction of sp³-hybridized carbons (Fsp3) is 0.733. The van der Waals surface area contributed by atoms with E-state index in [1.165, 1.54) is 0 Å². The van der Waals surface area contributed by atoms with Gasteiger partial charge in [0.05, 0.1) is 29.1 Å². The molecular formula is C15H21N3O5S2. The molecule has 8 nitrogen and oxygen atoms in total. The minimum atomic E-state index is -3.06. The molecule has 2 saturated heterocycles. The largest absolute Gasteiger partial charge is 0.347 e. The van der Waals surface area contributed by atoms with Crippen molar-refractivity contribution < 1.29 is 21.6 Å². The highest BCUT2D eigenvalue weighted by molar-refractivity contribution is 7.91. The zero-order valence-corrected chi connectivity index (χ0v) is 15.4. The molecule has 1 N–H and O–H groups in total. The molecule has 0 bridgehead atoms. The molecule has 1 aromatic rings. The van der Waals surface area contributed by atoms with Gasteiger partial charge in [-0.15, -0.1) is 0 Å². The molecule has 1 amide bonds.